The Morgan fingerprint density at radius 1 is 1.43 bits per heavy atom. The lowest BCUT2D eigenvalue weighted by atomic mass is 10.1. The minimum atomic E-state index is -0.737. The Bertz CT molecular complexity index is 501. The van der Waals surface area contributed by atoms with Crippen LogP contribution in [0.15, 0.2) is 18.2 Å². The fourth-order valence-corrected chi connectivity index (χ4v) is 2.69. The molecule has 1 fully saturated rings. The number of aliphatic carboxylic acids is 1. The molecular weight excluding hydrogens is 270 g/mol. The molecule has 0 amide bonds. The Kier molecular flexibility index (Phi) is 5.07. The quantitative estimate of drug-likeness (QED) is 0.873. The van der Waals surface area contributed by atoms with Crippen LogP contribution in [0.1, 0.15) is 32.3 Å². The number of nitrogens with zero attached hydrogens (tertiary/aromatic N) is 1. The van der Waals surface area contributed by atoms with E-state index < -0.39 is 5.97 Å². The van der Waals surface area contributed by atoms with Crippen LogP contribution in [0, 0.1) is 0 Å². The van der Waals surface area contributed by atoms with E-state index in [0.717, 1.165) is 24.9 Å². The van der Waals surface area contributed by atoms with Crippen molar-refractivity contribution in [2.75, 3.05) is 13.7 Å². The highest BCUT2D eigenvalue weighted by molar-refractivity contribution is 5.73. The molecule has 5 heteroatoms. The maximum atomic E-state index is 11.2. The van der Waals surface area contributed by atoms with Gasteiger partial charge in [-0.25, -0.2) is 0 Å². The molecule has 1 heterocycles. The lowest BCUT2D eigenvalue weighted by Gasteiger charge is -2.22. The molecule has 2 rings (SSSR count). The van der Waals surface area contributed by atoms with E-state index in [9.17, 15) is 9.90 Å². The molecule has 0 spiro atoms. The summed E-state index contributed by atoms with van der Waals surface area (Å²) in [6.07, 6.45) is 1.74. The third kappa shape index (κ3) is 3.88. The van der Waals surface area contributed by atoms with Crippen molar-refractivity contribution in [2.24, 2.45) is 0 Å². The first-order valence-corrected chi connectivity index (χ1v) is 7.31. The first-order chi connectivity index (χ1) is 10.0. The Labute approximate surface area is 125 Å². The zero-order valence-corrected chi connectivity index (χ0v) is 12.8. The third-order valence-electron chi connectivity index (χ3n) is 3.63. The van der Waals surface area contributed by atoms with Crippen LogP contribution < -0.4 is 9.47 Å². The van der Waals surface area contributed by atoms with Gasteiger partial charge in [0.05, 0.1) is 13.2 Å². The van der Waals surface area contributed by atoms with Gasteiger partial charge in [-0.3, -0.25) is 9.69 Å². The zero-order chi connectivity index (χ0) is 15.4. The SMILES string of the molecule is COc1cc(CN2CCC[C@H]2C(=O)O)ccc1OC(C)C. The molecule has 1 atom stereocenters. The largest absolute Gasteiger partial charge is 0.493 e. The summed E-state index contributed by atoms with van der Waals surface area (Å²) in [6, 6.07) is 5.41. The van der Waals surface area contributed by atoms with E-state index >= 15 is 0 Å². The highest BCUT2D eigenvalue weighted by Crippen LogP contribution is 2.30. The van der Waals surface area contributed by atoms with Gasteiger partial charge in [-0.1, -0.05) is 6.07 Å². The number of carboxylic acids is 1. The molecule has 0 aromatic heterocycles. The lowest BCUT2D eigenvalue weighted by Crippen LogP contribution is -2.35. The smallest absolute Gasteiger partial charge is 0.320 e. The van der Waals surface area contributed by atoms with Crippen molar-refractivity contribution in [1.29, 1.82) is 0 Å². The molecule has 1 saturated heterocycles. The topological polar surface area (TPSA) is 59.0 Å². The molecule has 21 heavy (non-hydrogen) atoms. The number of carboxylic acid groups (broad SMARTS) is 1. The van der Waals surface area contributed by atoms with Crippen LogP contribution in [0.4, 0.5) is 0 Å². The van der Waals surface area contributed by atoms with Gasteiger partial charge in [0.25, 0.3) is 0 Å². The van der Waals surface area contributed by atoms with Crippen LogP contribution in [0.5, 0.6) is 11.5 Å². The second kappa shape index (κ2) is 6.80. The van der Waals surface area contributed by atoms with Crippen molar-refractivity contribution < 1.29 is 19.4 Å². The van der Waals surface area contributed by atoms with Gasteiger partial charge in [-0.05, 0) is 50.9 Å². The molecule has 0 saturated carbocycles. The molecule has 5 nitrogen and oxygen atoms in total. The summed E-state index contributed by atoms with van der Waals surface area (Å²) in [4.78, 5) is 13.2. The average molecular weight is 293 g/mol. The maximum absolute atomic E-state index is 11.2. The predicted molar refractivity (Wildman–Crippen MR) is 79.8 cm³/mol. The van der Waals surface area contributed by atoms with Gasteiger partial charge in [0.15, 0.2) is 11.5 Å². The van der Waals surface area contributed by atoms with E-state index in [0.29, 0.717) is 18.0 Å². The molecule has 0 unspecified atom stereocenters. The van der Waals surface area contributed by atoms with Gasteiger partial charge in [0.1, 0.15) is 6.04 Å². The second-order valence-corrected chi connectivity index (χ2v) is 5.62. The number of carbonyl (C=O) groups is 1. The summed E-state index contributed by atoms with van der Waals surface area (Å²) in [5.41, 5.74) is 1.04. The average Bonchev–Trinajstić information content (AvgIpc) is 2.88. The summed E-state index contributed by atoms with van der Waals surface area (Å²) >= 11 is 0. The van der Waals surface area contributed by atoms with Gasteiger partial charge in [0.2, 0.25) is 0 Å². The molecule has 1 aromatic rings. The number of hydrogen-bond donors (Lipinski definition) is 1. The van der Waals surface area contributed by atoms with Crippen molar-refractivity contribution in [1.82, 2.24) is 4.90 Å². The zero-order valence-electron chi connectivity index (χ0n) is 12.8. The van der Waals surface area contributed by atoms with Crippen molar-refractivity contribution in [3.05, 3.63) is 23.8 Å². The van der Waals surface area contributed by atoms with Crippen LogP contribution in [0.25, 0.3) is 0 Å². The first kappa shape index (κ1) is 15.6. The number of ether oxygens (including phenoxy) is 2. The standard InChI is InChI=1S/C16H23NO4/c1-11(2)21-14-7-6-12(9-15(14)20-3)10-17-8-4-5-13(17)16(18)19/h6-7,9,11,13H,4-5,8,10H2,1-3H3,(H,18,19)/t13-/m0/s1. The minimum absolute atomic E-state index is 0.0831. The van der Waals surface area contributed by atoms with Gasteiger partial charge < -0.3 is 14.6 Å². The fraction of sp³-hybridized carbons (Fsp3) is 0.562. The molecule has 0 bridgehead atoms. The van der Waals surface area contributed by atoms with E-state index in [1.165, 1.54) is 0 Å². The maximum Gasteiger partial charge on any atom is 0.320 e. The van der Waals surface area contributed by atoms with Gasteiger partial charge in [-0.2, -0.15) is 0 Å². The Morgan fingerprint density at radius 2 is 2.19 bits per heavy atom. The van der Waals surface area contributed by atoms with Crippen LogP contribution in [-0.2, 0) is 11.3 Å². The van der Waals surface area contributed by atoms with Crippen molar-refractivity contribution >= 4 is 5.97 Å². The van der Waals surface area contributed by atoms with Crippen molar-refractivity contribution in [3.63, 3.8) is 0 Å². The van der Waals surface area contributed by atoms with E-state index in [1.807, 2.05) is 36.9 Å². The van der Waals surface area contributed by atoms with Gasteiger partial charge >= 0.3 is 5.97 Å². The molecule has 1 aliphatic rings. The molecular formula is C16H23NO4. The van der Waals surface area contributed by atoms with Gasteiger partial charge in [0, 0.05) is 6.54 Å². The van der Waals surface area contributed by atoms with Crippen LogP contribution in [0.2, 0.25) is 0 Å². The number of methoxy groups -OCH3 is 1. The summed E-state index contributed by atoms with van der Waals surface area (Å²) in [5.74, 6) is 0.666. The van der Waals surface area contributed by atoms with Crippen LogP contribution in [-0.4, -0.2) is 41.8 Å². The summed E-state index contributed by atoms with van der Waals surface area (Å²) in [6.45, 7) is 5.38. The van der Waals surface area contributed by atoms with Crippen LogP contribution >= 0.6 is 0 Å². The first-order valence-electron chi connectivity index (χ1n) is 7.31. The second-order valence-electron chi connectivity index (χ2n) is 5.62. The fourth-order valence-electron chi connectivity index (χ4n) is 2.69. The van der Waals surface area contributed by atoms with E-state index in [-0.39, 0.29) is 12.1 Å². The highest BCUT2D eigenvalue weighted by atomic mass is 16.5. The number of rotatable bonds is 6. The number of hydrogen-bond acceptors (Lipinski definition) is 4. The van der Waals surface area contributed by atoms with E-state index in [1.54, 1.807) is 7.11 Å². The Morgan fingerprint density at radius 3 is 2.81 bits per heavy atom. The van der Waals surface area contributed by atoms with Crippen molar-refractivity contribution in [3.8, 4) is 11.5 Å². The number of benzene rings is 1. The molecule has 1 N–H and O–H groups in total. The summed E-state index contributed by atoms with van der Waals surface area (Å²) < 4.78 is 11.1. The Balaban J connectivity index is 2.12. The minimum Gasteiger partial charge on any atom is -0.493 e. The Hall–Kier alpha value is -1.75. The monoisotopic (exact) mass is 293 g/mol. The van der Waals surface area contributed by atoms with E-state index in [4.69, 9.17) is 9.47 Å². The van der Waals surface area contributed by atoms with Crippen LogP contribution in [0.3, 0.4) is 0 Å². The van der Waals surface area contributed by atoms with E-state index in [2.05, 4.69) is 0 Å². The molecule has 1 aromatic carbocycles. The van der Waals surface area contributed by atoms with Gasteiger partial charge in [-0.15, -0.1) is 0 Å². The highest BCUT2D eigenvalue weighted by Gasteiger charge is 2.30. The molecule has 0 radical (unpaired) electrons. The summed E-state index contributed by atoms with van der Waals surface area (Å²) in [5, 5.41) is 9.22. The molecule has 116 valence electrons. The predicted octanol–water partition coefficient (Wildman–Crippen LogP) is 2.53. The third-order valence-corrected chi connectivity index (χ3v) is 3.63. The van der Waals surface area contributed by atoms with Crippen molar-refractivity contribution in [2.45, 2.75) is 45.4 Å². The molecule has 0 aliphatic carbocycles. The number of likely N-dealkylation sites (tertiary alicyclic amines) is 1. The molecule has 1 aliphatic heterocycles. The normalized spacial score (nSPS) is 19.0. The lowest BCUT2D eigenvalue weighted by molar-refractivity contribution is -0.142. The summed E-state index contributed by atoms with van der Waals surface area (Å²) in [7, 11) is 1.61.